The number of halogens is 5. The summed E-state index contributed by atoms with van der Waals surface area (Å²) < 4.78 is 77.7. The molecule has 4 rings (SSSR count). The molecule has 0 spiro atoms. The quantitative estimate of drug-likeness (QED) is 0.619. The van der Waals surface area contributed by atoms with E-state index in [1.807, 2.05) is 4.98 Å². The van der Waals surface area contributed by atoms with Crippen molar-refractivity contribution < 1.29 is 41.3 Å². The zero-order valence-corrected chi connectivity index (χ0v) is 14.3. The summed E-state index contributed by atoms with van der Waals surface area (Å²) in [6.07, 6.45) is -5.74. The largest absolute Gasteiger partial charge is 0.493 e. The number of aromatic nitrogens is 2. The Hall–Kier alpha value is -3.37. The molecule has 0 saturated heterocycles. The molecule has 3 aromatic rings. The molecule has 2 N–H and O–H groups in total. The number of carboxylic acids is 1. The van der Waals surface area contributed by atoms with Gasteiger partial charge in [0.25, 0.3) is 0 Å². The van der Waals surface area contributed by atoms with E-state index in [0.717, 1.165) is 18.2 Å². The van der Waals surface area contributed by atoms with Gasteiger partial charge >= 0.3 is 12.1 Å². The molecule has 2 aromatic carbocycles. The highest BCUT2D eigenvalue weighted by Crippen LogP contribution is 2.40. The number of rotatable bonds is 3. The molecule has 1 aliphatic heterocycles. The molecule has 6 nitrogen and oxygen atoms in total. The van der Waals surface area contributed by atoms with Crippen LogP contribution in [-0.4, -0.2) is 27.7 Å². The molecule has 0 amide bonds. The van der Waals surface area contributed by atoms with Gasteiger partial charge in [-0.3, -0.25) is 0 Å². The first-order valence-electron chi connectivity index (χ1n) is 8.26. The normalized spacial score (nSPS) is 16.4. The van der Waals surface area contributed by atoms with Gasteiger partial charge in [0, 0.05) is 18.6 Å². The number of hydrogen-bond donors (Lipinski definition) is 2. The Kier molecular flexibility index (Phi) is 4.32. The van der Waals surface area contributed by atoms with Gasteiger partial charge in [-0.2, -0.15) is 13.2 Å². The second kappa shape index (κ2) is 6.61. The number of hydrogen-bond acceptors (Lipinski definition) is 4. The lowest BCUT2D eigenvalue weighted by Crippen LogP contribution is -2.20. The van der Waals surface area contributed by atoms with Crippen molar-refractivity contribution >= 4 is 17.0 Å². The highest BCUT2D eigenvalue weighted by atomic mass is 19.4. The first-order valence-corrected chi connectivity index (χ1v) is 8.26. The Morgan fingerprint density at radius 3 is 2.69 bits per heavy atom. The van der Waals surface area contributed by atoms with E-state index in [1.165, 1.54) is 0 Å². The lowest BCUT2D eigenvalue weighted by atomic mass is 10.0. The van der Waals surface area contributed by atoms with Gasteiger partial charge in [-0.1, -0.05) is 0 Å². The second-order valence-electron chi connectivity index (χ2n) is 6.30. The van der Waals surface area contributed by atoms with Crippen LogP contribution in [0.1, 0.15) is 34.3 Å². The van der Waals surface area contributed by atoms with Crippen LogP contribution >= 0.6 is 0 Å². The van der Waals surface area contributed by atoms with Crippen LogP contribution in [0.4, 0.5) is 22.0 Å². The van der Waals surface area contributed by atoms with Crippen molar-refractivity contribution in [1.29, 1.82) is 0 Å². The number of alkyl halides is 3. The fourth-order valence-electron chi connectivity index (χ4n) is 3.12. The zero-order chi connectivity index (χ0) is 20.9. The molecule has 1 atom stereocenters. The van der Waals surface area contributed by atoms with Crippen LogP contribution in [-0.2, 0) is 6.18 Å². The van der Waals surface area contributed by atoms with Gasteiger partial charge in [0.2, 0.25) is 5.82 Å². The summed E-state index contributed by atoms with van der Waals surface area (Å²) in [4.78, 5) is 16.8. The summed E-state index contributed by atoms with van der Waals surface area (Å²) in [7, 11) is 0. The SMILES string of the molecule is O=C(O)c1cc(O[C@H]2CCOc3cc(F)cc(F)c32)c2nc(C(F)(F)F)[nH]c2c1. The summed E-state index contributed by atoms with van der Waals surface area (Å²) in [6, 6.07) is 3.58. The molecule has 152 valence electrons. The lowest BCUT2D eigenvalue weighted by Gasteiger charge is -2.27. The molecule has 29 heavy (non-hydrogen) atoms. The fourth-order valence-corrected chi connectivity index (χ4v) is 3.12. The number of carbonyl (C=O) groups is 1. The molecule has 1 aromatic heterocycles. The number of fused-ring (bicyclic) bond motifs is 2. The van der Waals surface area contributed by atoms with Crippen LogP contribution in [0.3, 0.4) is 0 Å². The number of nitrogens with zero attached hydrogens (tertiary/aromatic N) is 1. The third kappa shape index (κ3) is 3.43. The third-order valence-electron chi connectivity index (χ3n) is 4.35. The van der Waals surface area contributed by atoms with E-state index < -0.39 is 35.7 Å². The highest BCUT2D eigenvalue weighted by Gasteiger charge is 2.36. The van der Waals surface area contributed by atoms with Crippen molar-refractivity contribution in [3.05, 3.63) is 52.9 Å². The molecule has 2 heterocycles. The molecular weight excluding hydrogens is 403 g/mol. The van der Waals surface area contributed by atoms with E-state index in [9.17, 15) is 31.9 Å². The Morgan fingerprint density at radius 1 is 1.24 bits per heavy atom. The van der Waals surface area contributed by atoms with Crippen molar-refractivity contribution in [1.82, 2.24) is 9.97 Å². The summed E-state index contributed by atoms with van der Waals surface area (Å²) >= 11 is 0. The van der Waals surface area contributed by atoms with Crippen molar-refractivity contribution in [3.63, 3.8) is 0 Å². The molecule has 0 aliphatic carbocycles. The van der Waals surface area contributed by atoms with E-state index >= 15 is 0 Å². The van der Waals surface area contributed by atoms with E-state index in [0.29, 0.717) is 6.07 Å². The summed E-state index contributed by atoms with van der Waals surface area (Å²) in [5, 5.41) is 9.24. The number of aromatic carboxylic acids is 1. The van der Waals surface area contributed by atoms with Gasteiger partial charge in [-0.15, -0.1) is 0 Å². The van der Waals surface area contributed by atoms with Gasteiger partial charge in [-0.25, -0.2) is 18.6 Å². The Balaban J connectivity index is 1.83. The number of nitrogens with one attached hydrogen (secondary N) is 1. The first kappa shape index (κ1) is 19.0. The minimum atomic E-state index is -4.80. The average Bonchev–Trinajstić information content (AvgIpc) is 3.06. The van der Waals surface area contributed by atoms with Crippen molar-refractivity contribution in [2.24, 2.45) is 0 Å². The van der Waals surface area contributed by atoms with E-state index in [-0.39, 0.29) is 46.7 Å². The maximum Gasteiger partial charge on any atom is 0.449 e. The predicted octanol–water partition coefficient (Wildman–Crippen LogP) is 4.46. The number of aromatic amines is 1. The number of H-pyrrole nitrogens is 1. The van der Waals surface area contributed by atoms with Crippen molar-refractivity contribution in [2.75, 3.05) is 6.61 Å². The van der Waals surface area contributed by atoms with Crippen LogP contribution in [0.2, 0.25) is 0 Å². The smallest absolute Gasteiger partial charge is 0.449 e. The minimum absolute atomic E-state index is 0.0384. The van der Waals surface area contributed by atoms with E-state index in [1.54, 1.807) is 0 Å². The van der Waals surface area contributed by atoms with Crippen LogP contribution in [0.15, 0.2) is 24.3 Å². The monoisotopic (exact) mass is 414 g/mol. The van der Waals surface area contributed by atoms with Crippen LogP contribution in [0, 0.1) is 11.6 Å². The predicted molar refractivity (Wildman–Crippen MR) is 87.9 cm³/mol. The Morgan fingerprint density at radius 2 is 2.00 bits per heavy atom. The molecular formula is C18H11F5N2O4. The van der Waals surface area contributed by atoms with Crippen molar-refractivity contribution in [3.8, 4) is 11.5 Å². The number of imidazole rings is 1. The summed E-state index contributed by atoms with van der Waals surface area (Å²) in [5.74, 6) is -4.93. The highest BCUT2D eigenvalue weighted by molar-refractivity contribution is 5.95. The Bertz CT molecular complexity index is 1130. The Labute approximate surface area is 158 Å². The van der Waals surface area contributed by atoms with Gasteiger partial charge in [0.05, 0.1) is 23.3 Å². The van der Waals surface area contributed by atoms with Crippen LogP contribution in [0.25, 0.3) is 11.0 Å². The molecule has 0 saturated carbocycles. The van der Waals surface area contributed by atoms with Gasteiger partial charge in [0.15, 0.2) is 0 Å². The van der Waals surface area contributed by atoms with E-state index in [4.69, 9.17) is 9.47 Å². The zero-order valence-electron chi connectivity index (χ0n) is 14.3. The molecule has 0 radical (unpaired) electrons. The lowest BCUT2D eigenvalue weighted by molar-refractivity contribution is -0.144. The summed E-state index contributed by atoms with van der Waals surface area (Å²) in [5.41, 5.74) is -0.938. The maximum absolute atomic E-state index is 14.3. The fraction of sp³-hybridized carbons (Fsp3) is 0.222. The molecule has 11 heteroatoms. The standard InChI is InChI=1S/C18H11F5N2O4/c19-8-5-9(20)14-11(1-2-28-12(14)6-8)29-13-4-7(16(26)27)3-10-15(13)25-17(24-10)18(21,22)23/h3-6,11H,1-2H2,(H,24,25)(H,26,27)/t11-/m0/s1. The maximum atomic E-state index is 14.3. The van der Waals surface area contributed by atoms with Crippen molar-refractivity contribution in [2.45, 2.75) is 18.7 Å². The third-order valence-corrected chi connectivity index (χ3v) is 4.35. The average molecular weight is 414 g/mol. The molecule has 1 aliphatic rings. The van der Waals surface area contributed by atoms with Gasteiger partial charge in [-0.05, 0) is 12.1 Å². The molecule has 0 unspecified atom stereocenters. The van der Waals surface area contributed by atoms with Gasteiger partial charge in [0.1, 0.15) is 34.8 Å². The molecule has 0 bridgehead atoms. The first-order chi connectivity index (χ1) is 13.6. The van der Waals surface area contributed by atoms with Gasteiger partial charge < -0.3 is 19.6 Å². The van der Waals surface area contributed by atoms with Crippen LogP contribution < -0.4 is 9.47 Å². The minimum Gasteiger partial charge on any atom is -0.493 e. The summed E-state index contributed by atoms with van der Waals surface area (Å²) in [6.45, 7) is 0.0384. The second-order valence-corrected chi connectivity index (χ2v) is 6.30. The number of benzene rings is 2. The molecule has 0 fully saturated rings. The number of ether oxygens (including phenoxy) is 2. The van der Waals surface area contributed by atoms with E-state index in [2.05, 4.69) is 4.98 Å². The topological polar surface area (TPSA) is 84.4 Å². The van der Waals surface area contributed by atoms with Crippen LogP contribution in [0.5, 0.6) is 11.5 Å². The number of carboxylic acid groups (broad SMARTS) is 1.